The smallest absolute Gasteiger partial charge is 0.355 e. The van der Waals surface area contributed by atoms with Crippen molar-refractivity contribution in [3.05, 3.63) is 47.2 Å². The highest BCUT2D eigenvalue weighted by Crippen LogP contribution is 2.28. The Bertz CT molecular complexity index is 681. The molecule has 0 saturated carbocycles. The molecule has 0 amide bonds. The summed E-state index contributed by atoms with van der Waals surface area (Å²) in [5, 5.41) is 9.20. The van der Waals surface area contributed by atoms with Gasteiger partial charge in [0.2, 0.25) is 0 Å². The van der Waals surface area contributed by atoms with Gasteiger partial charge in [-0.3, -0.25) is 4.57 Å². The Morgan fingerprint density at radius 1 is 1.40 bits per heavy atom. The van der Waals surface area contributed by atoms with E-state index in [1.165, 1.54) is 0 Å². The Kier molecular flexibility index (Phi) is 3.76. The monoisotopic (exact) mass is 269 g/mol. The molecule has 2 N–H and O–H groups in total. The van der Waals surface area contributed by atoms with Gasteiger partial charge in [0.1, 0.15) is 17.6 Å². The molecule has 1 aromatic heterocycles. The molecule has 0 aliphatic rings. The number of nitriles is 1. The number of para-hydroxylation sites is 1. The third kappa shape index (κ3) is 2.12. The first kappa shape index (κ1) is 13.7. The van der Waals surface area contributed by atoms with Crippen molar-refractivity contribution in [2.75, 3.05) is 12.3 Å². The molecule has 5 nitrogen and oxygen atoms in total. The summed E-state index contributed by atoms with van der Waals surface area (Å²) < 4.78 is 6.62. The Morgan fingerprint density at radius 2 is 2.05 bits per heavy atom. The number of carbonyl (C=O) groups is 1. The fourth-order valence-electron chi connectivity index (χ4n) is 2.14. The molecular weight excluding hydrogens is 254 g/mol. The molecule has 0 bridgehead atoms. The van der Waals surface area contributed by atoms with Crippen LogP contribution in [0.3, 0.4) is 0 Å². The molecule has 2 aromatic rings. The molecule has 20 heavy (non-hydrogen) atoms. The van der Waals surface area contributed by atoms with E-state index in [0.717, 1.165) is 5.69 Å². The van der Waals surface area contributed by atoms with Crippen LogP contribution in [0.1, 0.15) is 28.5 Å². The number of ether oxygens (including phenoxy) is 1. The largest absolute Gasteiger partial charge is 0.461 e. The van der Waals surface area contributed by atoms with Crippen molar-refractivity contribution in [1.29, 1.82) is 5.26 Å². The minimum Gasteiger partial charge on any atom is -0.461 e. The van der Waals surface area contributed by atoms with Gasteiger partial charge in [0.25, 0.3) is 0 Å². The van der Waals surface area contributed by atoms with E-state index in [1.807, 2.05) is 36.4 Å². The van der Waals surface area contributed by atoms with E-state index in [2.05, 4.69) is 0 Å². The maximum atomic E-state index is 12.1. The van der Waals surface area contributed by atoms with Crippen molar-refractivity contribution in [3.8, 4) is 11.8 Å². The number of nitrogens with zero attached hydrogens (tertiary/aromatic N) is 2. The van der Waals surface area contributed by atoms with E-state index >= 15 is 0 Å². The molecule has 0 fully saturated rings. The molecule has 1 heterocycles. The van der Waals surface area contributed by atoms with Crippen molar-refractivity contribution in [3.63, 3.8) is 0 Å². The van der Waals surface area contributed by atoms with Crippen LogP contribution < -0.4 is 5.73 Å². The van der Waals surface area contributed by atoms with Crippen LogP contribution in [0.25, 0.3) is 5.69 Å². The van der Waals surface area contributed by atoms with Gasteiger partial charge < -0.3 is 10.5 Å². The maximum absolute atomic E-state index is 12.1. The van der Waals surface area contributed by atoms with Crippen molar-refractivity contribution in [2.45, 2.75) is 13.8 Å². The highest BCUT2D eigenvalue weighted by molar-refractivity contribution is 5.93. The molecule has 0 radical (unpaired) electrons. The van der Waals surface area contributed by atoms with Gasteiger partial charge in [0.15, 0.2) is 0 Å². The van der Waals surface area contributed by atoms with Crippen molar-refractivity contribution < 1.29 is 9.53 Å². The lowest BCUT2D eigenvalue weighted by Crippen LogP contribution is -2.13. The first-order valence-corrected chi connectivity index (χ1v) is 6.25. The molecule has 102 valence electrons. The summed E-state index contributed by atoms with van der Waals surface area (Å²) in [6.07, 6.45) is 0. The minimum atomic E-state index is -0.484. The van der Waals surface area contributed by atoms with Crippen LogP contribution in [0.2, 0.25) is 0 Å². The van der Waals surface area contributed by atoms with E-state index in [0.29, 0.717) is 16.8 Å². The SMILES string of the molecule is CCOC(=O)c1c(C)c(C#N)c(N)n1-c1ccccc1. The second kappa shape index (κ2) is 5.49. The summed E-state index contributed by atoms with van der Waals surface area (Å²) in [6.45, 7) is 3.69. The maximum Gasteiger partial charge on any atom is 0.355 e. The fraction of sp³-hybridized carbons (Fsp3) is 0.200. The van der Waals surface area contributed by atoms with Crippen LogP contribution in [0.5, 0.6) is 0 Å². The molecular formula is C15H15N3O2. The van der Waals surface area contributed by atoms with Gasteiger partial charge in [-0.05, 0) is 26.0 Å². The number of nitrogens with two attached hydrogens (primary N) is 1. The van der Waals surface area contributed by atoms with Gasteiger partial charge in [-0.15, -0.1) is 0 Å². The summed E-state index contributed by atoms with van der Waals surface area (Å²) in [6, 6.07) is 11.2. The van der Waals surface area contributed by atoms with Crippen LogP contribution in [0.15, 0.2) is 30.3 Å². The number of benzene rings is 1. The van der Waals surface area contributed by atoms with Crippen LogP contribution in [-0.2, 0) is 4.74 Å². The average molecular weight is 269 g/mol. The third-order valence-electron chi connectivity index (χ3n) is 3.05. The van der Waals surface area contributed by atoms with E-state index in [-0.39, 0.29) is 12.4 Å². The summed E-state index contributed by atoms with van der Waals surface area (Å²) in [5.74, 6) is -0.235. The quantitative estimate of drug-likeness (QED) is 0.867. The van der Waals surface area contributed by atoms with E-state index in [4.69, 9.17) is 10.5 Å². The summed E-state index contributed by atoms with van der Waals surface area (Å²) in [5.41, 5.74) is 7.87. The number of esters is 1. The Hall–Kier alpha value is -2.74. The standard InChI is InChI=1S/C15H15N3O2/c1-3-20-15(19)13-10(2)12(9-16)14(17)18(13)11-7-5-4-6-8-11/h4-8H,3,17H2,1-2H3. The Balaban J connectivity index is 2.73. The number of rotatable bonds is 3. The molecule has 0 saturated heterocycles. The van der Waals surface area contributed by atoms with Gasteiger partial charge >= 0.3 is 5.97 Å². The summed E-state index contributed by atoms with van der Waals surface area (Å²) in [4.78, 5) is 12.1. The van der Waals surface area contributed by atoms with Crippen molar-refractivity contribution in [2.24, 2.45) is 0 Å². The summed E-state index contributed by atoms with van der Waals surface area (Å²) in [7, 11) is 0. The van der Waals surface area contributed by atoms with Gasteiger partial charge in [0, 0.05) is 11.3 Å². The van der Waals surface area contributed by atoms with Crippen molar-refractivity contribution in [1.82, 2.24) is 4.57 Å². The van der Waals surface area contributed by atoms with Crippen LogP contribution >= 0.6 is 0 Å². The first-order valence-electron chi connectivity index (χ1n) is 6.25. The average Bonchev–Trinajstić information content (AvgIpc) is 2.71. The Labute approximate surface area is 117 Å². The highest BCUT2D eigenvalue weighted by Gasteiger charge is 2.25. The van der Waals surface area contributed by atoms with Crippen LogP contribution in [0, 0.1) is 18.3 Å². The van der Waals surface area contributed by atoms with Crippen LogP contribution in [0.4, 0.5) is 5.82 Å². The second-order valence-corrected chi connectivity index (χ2v) is 4.24. The second-order valence-electron chi connectivity index (χ2n) is 4.24. The molecule has 0 aliphatic carbocycles. The highest BCUT2D eigenvalue weighted by atomic mass is 16.5. The summed E-state index contributed by atoms with van der Waals surface area (Å²) >= 11 is 0. The Morgan fingerprint density at radius 3 is 2.60 bits per heavy atom. The number of aromatic nitrogens is 1. The number of anilines is 1. The lowest BCUT2D eigenvalue weighted by molar-refractivity contribution is 0.0516. The molecule has 1 aromatic carbocycles. The topological polar surface area (TPSA) is 81.0 Å². The minimum absolute atomic E-state index is 0.249. The molecule has 0 atom stereocenters. The van der Waals surface area contributed by atoms with E-state index in [1.54, 1.807) is 18.4 Å². The number of carbonyl (C=O) groups excluding carboxylic acids is 1. The van der Waals surface area contributed by atoms with Gasteiger partial charge in [-0.25, -0.2) is 4.79 Å². The normalized spacial score (nSPS) is 10.1. The third-order valence-corrected chi connectivity index (χ3v) is 3.05. The van der Waals surface area contributed by atoms with Crippen LogP contribution in [-0.4, -0.2) is 17.1 Å². The number of nitrogen functional groups attached to an aromatic ring is 1. The first-order chi connectivity index (χ1) is 9.61. The molecule has 5 heteroatoms. The van der Waals surface area contributed by atoms with Gasteiger partial charge in [-0.1, -0.05) is 18.2 Å². The predicted octanol–water partition coefficient (Wildman–Crippen LogP) is 2.42. The van der Waals surface area contributed by atoms with Gasteiger partial charge in [-0.2, -0.15) is 5.26 Å². The zero-order valence-electron chi connectivity index (χ0n) is 11.4. The number of hydrogen-bond acceptors (Lipinski definition) is 4. The molecule has 0 spiro atoms. The van der Waals surface area contributed by atoms with E-state index < -0.39 is 5.97 Å². The van der Waals surface area contributed by atoms with Gasteiger partial charge in [0.05, 0.1) is 12.2 Å². The molecule has 0 unspecified atom stereocenters. The lowest BCUT2D eigenvalue weighted by Gasteiger charge is -2.10. The van der Waals surface area contributed by atoms with E-state index in [9.17, 15) is 10.1 Å². The molecule has 2 rings (SSSR count). The van der Waals surface area contributed by atoms with Crippen molar-refractivity contribution >= 4 is 11.8 Å². The fourth-order valence-corrected chi connectivity index (χ4v) is 2.14. The lowest BCUT2D eigenvalue weighted by atomic mass is 10.2. The zero-order valence-corrected chi connectivity index (χ0v) is 11.4. The zero-order chi connectivity index (χ0) is 14.7. The predicted molar refractivity (Wildman–Crippen MR) is 75.6 cm³/mol. The number of hydrogen-bond donors (Lipinski definition) is 1. The molecule has 0 aliphatic heterocycles.